The number of primary amides is 1. The normalized spacial score (nSPS) is 26.7. The minimum Gasteiger partial charge on any atom is -0.508 e. The highest BCUT2D eigenvalue weighted by atomic mass is 35.5. The molecule has 18 atom stereocenters. The van der Waals surface area contributed by atoms with E-state index in [1.54, 1.807) is 44.2 Å². The predicted molar refractivity (Wildman–Crippen MR) is 426 cm³/mol. The number of fused-ring (bicyclic) bond motifs is 15. The minimum atomic E-state index is -2.36. The van der Waals surface area contributed by atoms with Crippen LogP contribution in [0.3, 0.4) is 0 Å². The summed E-state index contributed by atoms with van der Waals surface area (Å²) in [5.74, 6) is -15.3. The summed E-state index contributed by atoms with van der Waals surface area (Å²) in [6, 6.07) is 10.7. The van der Waals surface area contributed by atoms with Crippen molar-refractivity contribution in [3.63, 3.8) is 0 Å². The van der Waals surface area contributed by atoms with Crippen LogP contribution in [-0.2, 0) is 65.7 Å². The van der Waals surface area contributed by atoms with E-state index in [2.05, 4.69) is 42.5 Å². The lowest BCUT2D eigenvalue weighted by molar-refractivity contribution is -0.331. The van der Waals surface area contributed by atoms with Crippen molar-refractivity contribution in [3.8, 4) is 62.9 Å². The van der Waals surface area contributed by atoms with Gasteiger partial charge in [-0.25, -0.2) is 4.79 Å². The van der Waals surface area contributed by atoms with Crippen molar-refractivity contribution < 1.29 is 117 Å². The number of ether oxygens (including phenoxy) is 7. The number of nitrogens with one attached hydrogen (secondary N) is 8. The fraction of sp³-hybridized carbons (Fsp3) is 0.383. The van der Waals surface area contributed by atoms with Gasteiger partial charge in [0, 0.05) is 47.8 Å². The zero-order chi connectivity index (χ0) is 86.1. The first kappa shape index (κ1) is 87.9. The number of carboxylic acids is 1. The molecular weight excluding hydrogens is 1640 g/mol. The summed E-state index contributed by atoms with van der Waals surface area (Å²) in [6.45, 7) is 8.25. The van der Waals surface area contributed by atoms with Crippen molar-refractivity contribution in [2.45, 2.75) is 176 Å². The fourth-order valence-electron chi connectivity index (χ4n) is 14.8. The molecule has 634 valence electrons. The largest absolute Gasteiger partial charge is 0.508 e. The van der Waals surface area contributed by atoms with Gasteiger partial charge in [-0.3, -0.25) is 33.6 Å². The molecule has 7 aromatic carbocycles. The minimum absolute atomic E-state index is 0.0540. The Kier molecular flexibility index (Phi) is 27.1. The van der Waals surface area contributed by atoms with Gasteiger partial charge in [-0.15, -0.1) is 0 Å². The molecule has 14 rings (SSSR count). The van der Waals surface area contributed by atoms with Crippen LogP contribution >= 0.6 is 46.4 Å². The number of phenols is 3. The van der Waals surface area contributed by atoms with Gasteiger partial charge in [0.05, 0.1) is 44.8 Å². The number of amides is 7. The van der Waals surface area contributed by atoms with E-state index in [0.29, 0.717) is 15.8 Å². The van der Waals surface area contributed by atoms with Crippen molar-refractivity contribution in [1.82, 2.24) is 42.5 Å². The number of carbonyl (C=O) groups is 8. The number of hydrogen-bond acceptors (Lipinski definition) is 26. The molecule has 2 saturated heterocycles. The first-order chi connectivity index (χ1) is 56.4. The van der Waals surface area contributed by atoms with Gasteiger partial charge in [0.15, 0.2) is 29.9 Å². The van der Waals surface area contributed by atoms with Crippen LogP contribution in [0.2, 0.25) is 20.1 Å². The Morgan fingerprint density at radius 2 is 1.34 bits per heavy atom. The number of aliphatic hydroxyl groups excluding tert-OH is 5. The average molecular weight is 1730 g/mol. The molecule has 11 bridgehead atoms. The Morgan fingerprint density at radius 3 is 2.01 bits per heavy atom. The number of nitrogens with two attached hydrogens (primary N) is 2. The van der Waals surface area contributed by atoms with Gasteiger partial charge in [-0.05, 0) is 158 Å². The van der Waals surface area contributed by atoms with E-state index in [1.807, 2.05) is 26.0 Å². The number of carboxylic acid groups (broad SMARTS) is 1. The third-order valence-corrected chi connectivity index (χ3v) is 22.4. The lowest BCUT2D eigenvalue weighted by Gasteiger charge is -2.48. The SMILES string of the molecule is CN[C@H](CC(C)C)C(=O)N[C@H]1C(=O)N[C@@H](CC(N)=O)C(=O)N[C@H]2C(=O)N[C@H]3C(=O)N[C@H](C(=O)N[C@@H](C(=O)O)c4cc(O)cc(O)c4-c4cc3ccc4O)[C@H](O)c3ccc(c(Cl)c3)Oc3cc2cc(c3OC2OC(CN)C(O)C(O)C2OC2CC(C)(NCc3ccc(OCc4ccc(Cl)c(Cl)c4)cc3)C(O)C(C)O2)Oc2c(C)cc(cc2Cl)[C@H]1O. The zero-order valence-electron chi connectivity index (χ0n) is 64.4. The van der Waals surface area contributed by atoms with Crippen molar-refractivity contribution in [2.24, 2.45) is 17.4 Å². The van der Waals surface area contributed by atoms with Gasteiger partial charge in [-0.1, -0.05) is 90.6 Å². The lowest BCUT2D eigenvalue weighted by atomic mass is 9.84. The van der Waals surface area contributed by atoms with Crippen molar-refractivity contribution in [2.75, 3.05) is 13.6 Å². The number of hydrogen-bond donors (Lipinski definition) is 19. The smallest absolute Gasteiger partial charge is 0.330 e. The summed E-state index contributed by atoms with van der Waals surface area (Å²) < 4.78 is 46.0. The molecular formula is C81H88Cl4N10O24. The highest BCUT2D eigenvalue weighted by Crippen LogP contribution is 2.51. The fourth-order valence-corrected chi connectivity index (χ4v) is 15.6. The van der Waals surface area contributed by atoms with Crippen molar-refractivity contribution >= 4 is 93.7 Å². The van der Waals surface area contributed by atoms with Crippen LogP contribution in [0.5, 0.6) is 51.7 Å². The maximum Gasteiger partial charge on any atom is 0.330 e. The summed E-state index contributed by atoms with van der Waals surface area (Å²) in [6.07, 6.45) is -18.2. The summed E-state index contributed by atoms with van der Waals surface area (Å²) in [4.78, 5) is 118. The molecule has 0 radical (unpaired) electrons. The number of likely N-dealkylation sites (N-methyl/N-ethyl adjacent to an activating group) is 1. The number of aliphatic carboxylic acids is 1. The average Bonchev–Trinajstić information content (AvgIpc) is 0.753. The van der Waals surface area contributed by atoms with E-state index in [4.69, 9.17) is 91.0 Å². The summed E-state index contributed by atoms with van der Waals surface area (Å²) in [5.41, 5.74) is 9.60. The van der Waals surface area contributed by atoms with Crippen LogP contribution in [0.25, 0.3) is 11.1 Å². The summed E-state index contributed by atoms with van der Waals surface area (Å²) in [7, 11) is 1.48. The maximum absolute atomic E-state index is 16.3. The first-order valence-corrected chi connectivity index (χ1v) is 39.1. The van der Waals surface area contributed by atoms with E-state index in [1.165, 1.54) is 26.1 Å². The van der Waals surface area contributed by atoms with Gasteiger partial charge < -0.3 is 133 Å². The molecule has 2 fully saturated rings. The van der Waals surface area contributed by atoms with Crippen LogP contribution in [0.4, 0.5) is 0 Å². The lowest BCUT2D eigenvalue weighted by Crippen LogP contribution is -2.65. The molecule has 21 N–H and O–H groups in total. The summed E-state index contributed by atoms with van der Waals surface area (Å²) in [5, 5.41) is 127. The molecule has 7 amide bonds. The Balaban J connectivity index is 1.03. The molecule has 7 aliphatic heterocycles. The van der Waals surface area contributed by atoms with Gasteiger partial charge in [0.25, 0.3) is 0 Å². The van der Waals surface area contributed by atoms with Gasteiger partial charge in [0.1, 0.15) is 102 Å². The molecule has 0 saturated carbocycles. The van der Waals surface area contributed by atoms with Gasteiger partial charge in [0.2, 0.25) is 53.4 Å². The number of phenolic OH excluding ortho intramolecular Hbond substituents is 3. The molecule has 7 aliphatic rings. The number of rotatable bonds is 19. The zero-order valence-corrected chi connectivity index (χ0v) is 67.4. The van der Waals surface area contributed by atoms with E-state index in [9.17, 15) is 65.1 Å². The van der Waals surface area contributed by atoms with Crippen molar-refractivity contribution in [1.29, 1.82) is 0 Å². The second-order valence-corrected chi connectivity index (χ2v) is 31.8. The molecule has 0 aliphatic carbocycles. The van der Waals surface area contributed by atoms with Gasteiger partial charge in [-0.2, -0.15) is 0 Å². The molecule has 7 aromatic rings. The van der Waals surface area contributed by atoms with E-state index in [-0.39, 0.29) is 70.7 Å². The van der Waals surface area contributed by atoms with E-state index in [0.717, 1.165) is 71.8 Å². The number of aryl methyl sites for hydroxylation is 1. The van der Waals surface area contributed by atoms with Crippen LogP contribution in [-0.4, -0.2) is 186 Å². The number of benzene rings is 7. The number of carbonyl (C=O) groups excluding carboxylic acids is 7. The van der Waals surface area contributed by atoms with Gasteiger partial charge >= 0.3 is 5.97 Å². The predicted octanol–water partition coefficient (Wildman–Crippen LogP) is 5.10. The first-order valence-electron chi connectivity index (χ1n) is 37.6. The maximum atomic E-state index is 16.3. The second-order valence-electron chi connectivity index (χ2n) is 30.2. The van der Waals surface area contributed by atoms with Crippen molar-refractivity contribution in [3.05, 3.63) is 180 Å². The Hall–Kier alpha value is -10.4. The Labute approximate surface area is 700 Å². The molecule has 7 heterocycles. The molecule has 38 heteroatoms. The highest BCUT2D eigenvalue weighted by molar-refractivity contribution is 6.42. The number of halogens is 4. The van der Waals surface area contributed by atoms with Crippen LogP contribution < -0.4 is 72.9 Å². The molecule has 119 heavy (non-hydrogen) atoms. The summed E-state index contributed by atoms with van der Waals surface area (Å²) >= 11 is 26.8. The van der Waals surface area contributed by atoms with E-state index >= 15 is 19.2 Å². The van der Waals surface area contributed by atoms with Crippen LogP contribution in [0, 0.1) is 12.8 Å². The molecule has 0 aromatic heterocycles. The number of aromatic hydroxyl groups is 3. The second kappa shape index (κ2) is 36.7. The molecule has 9 unspecified atom stereocenters. The Bertz CT molecular complexity index is 5050. The topological polar surface area (TPSA) is 532 Å². The highest BCUT2D eigenvalue weighted by Gasteiger charge is 2.52. The Morgan fingerprint density at radius 1 is 0.672 bits per heavy atom. The van der Waals surface area contributed by atoms with Crippen LogP contribution in [0.15, 0.2) is 115 Å². The number of aliphatic hydroxyl groups is 5. The monoisotopic (exact) mass is 1720 g/mol. The van der Waals surface area contributed by atoms with Crippen LogP contribution in [0.1, 0.15) is 122 Å². The van der Waals surface area contributed by atoms with E-state index < -0.39 is 231 Å². The third kappa shape index (κ3) is 19.4. The quantitative estimate of drug-likeness (QED) is 0.0501. The molecule has 0 spiro atoms. The third-order valence-electron chi connectivity index (χ3n) is 21.1. The standard InChI is InChI=1S/C81H88Cl4N10O24/c1-32(2)17-49(88-6)73(105)94-64-66(101)40-18-33(3)69(48(85)22-40)116-55-24-39-23-54(70(55)119-80-71(68(103)67(102)56(29-86)117-80)118-58-28-81(5,72(104)34(4)114-58)89-30-35-7-12-42(13-8-35)113-31-36-9-14-45(82)46(83)19-36)115-53-16-11-38(21-47(53)84)65(100)63-78(110)93-62(79(111)112)44-25-41(96)26-52(98)59(44)43-20-37(10-15-51(43)97)60(75(107)95-63)92-76(108)61(39)91-74(106)50(27-57(87)99)90-77(64)109/h7-16,18-26,32,34,49-50,56,58,60-68,71-72,80,88-89,96-98,100-104H,17,27-31,86H2,1-6H3,(H2,87,99)(H,90,109)(H,91,106)(H,92,108)(H,93,110)(H,94,105)(H,95,107)(H,111,112)/t34?,49-,50+,56?,58?,60-,61-,62-,63+,64-,65-,66-,67?,68?,71?,72?,80?,81?/m1/s1. The molecule has 34 nitrogen and oxygen atoms in total.